The second kappa shape index (κ2) is 5.76. The van der Waals surface area contributed by atoms with Gasteiger partial charge in [0, 0.05) is 12.3 Å². The van der Waals surface area contributed by atoms with Gasteiger partial charge in [0.25, 0.3) is 0 Å². The molecule has 0 radical (unpaired) electrons. The minimum absolute atomic E-state index is 0.200. The second-order valence-corrected chi connectivity index (χ2v) is 4.09. The fourth-order valence-corrected chi connectivity index (χ4v) is 1.41. The van der Waals surface area contributed by atoms with Gasteiger partial charge in [-0.25, -0.2) is 0 Å². The van der Waals surface area contributed by atoms with Gasteiger partial charge >= 0.3 is 0 Å². The van der Waals surface area contributed by atoms with Crippen molar-refractivity contribution < 1.29 is 9.53 Å². The largest absolute Gasteiger partial charge is 0.373 e. The van der Waals surface area contributed by atoms with Gasteiger partial charge in [-0.3, -0.25) is 4.79 Å². The predicted octanol–water partition coefficient (Wildman–Crippen LogP) is 2.36. The summed E-state index contributed by atoms with van der Waals surface area (Å²) in [4.78, 5) is 11.3. The van der Waals surface area contributed by atoms with E-state index in [1.54, 1.807) is 0 Å². The molecule has 0 aromatic heterocycles. The molecule has 0 aromatic carbocycles. The molecule has 0 heterocycles. The van der Waals surface area contributed by atoms with Crippen molar-refractivity contribution in [3.63, 3.8) is 0 Å². The van der Waals surface area contributed by atoms with E-state index >= 15 is 0 Å². The van der Waals surface area contributed by atoms with Crippen LogP contribution in [0.4, 0.5) is 0 Å². The molecule has 1 rings (SSSR count). The molecule has 0 unspecified atom stereocenters. The summed E-state index contributed by atoms with van der Waals surface area (Å²) >= 11 is 0. The Hall–Kier alpha value is -0.890. The summed E-state index contributed by atoms with van der Waals surface area (Å²) in [6.45, 7) is 4.97. The van der Waals surface area contributed by atoms with Crippen LogP contribution in [0.3, 0.4) is 0 Å². The number of rotatable bonds is 6. The summed E-state index contributed by atoms with van der Waals surface area (Å²) in [7, 11) is 0. The lowest BCUT2D eigenvalue weighted by atomic mass is 10.1. The lowest BCUT2D eigenvalue weighted by Gasteiger charge is -2.07. The quantitative estimate of drug-likeness (QED) is 0.649. The van der Waals surface area contributed by atoms with Crippen molar-refractivity contribution in [3.05, 3.63) is 24.3 Å². The zero-order chi connectivity index (χ0) is 10.4. The number of allylic oxidation sites excluding steroid dienone is 2. The average Bonchev–Trinajstić information content (AvgIpc) is 2.55. The summed E-state index contributed by atoms with van der Waals surface area (Å²) in [5.41, 5.74) is 0. The van der Waals surface area contributed by atoms with E-state index in [0.717, 1.165) is 0 Å². The molecule has 0 amide bonds. The van der Waals surface area contributed by atoms with Gasteiger partial charge in [0.2, 0.25) is 0 Å². The molecule has 0 bridgehead atoms. The van der Waals surface area contributed by atoms with Crippen molar-refractivity contribution in [2.24, 2.45) is 11.8 Å². The fraction of sp³-hybridized carbons (Fsp3) is 0.583. The van der Waals surface area contributed by atoms with E-state index in [9.17, 15) is 4.79 Å². The van der Waals surface area contributed by atoms with Crippen LogP contribution in [0.15, 0.2) is 24.3 Å². The van der Waals surface area contributed by atoms with E-state index in [1.165, 1.54) is 0 Å². The Morgan fingerprint density at radius 3 is 2.57 bits per heavy atom. The number of hydrogen-bond acceptors (Lipinski definition) is 2. The minimum Gasteiger partial charge on any atom is -0.373 e. The molecular formula is C12H18O2. The first kappa shape index (κ1) is 11.2. The molecule has 14 heavy (non-hydrogen) atoms. The van der Waals surface area contributed by atoms with E-state index in [4.69, 9.17) is 4.74 Å². The van der Waals surface area contributed by atoms with E-state index in [-0.39, 0.29) is 12.4 Å². The van der Waals surface area contributed by atoms with Crippen LogP contribution in [-0.2, 0) is 9.53 Å². The summed E-state index contributed by atoms with van der Waals surface area (Å²) in [5, 5.41) is 0. The summed E-state index contributed by atoms with van der Waals surface area (Å²) in [5.74, 6) is 0.991. The standard InChI is InChI=1S/C12H18O2/c1-10(2)7-12(13)9-14-8-11-5-3-4-6-11/h3-6,10-11H,7-9H2,1-2H3. The van der Waals surface area contributed by atoms with Gasteiger partial charge in [-0.1, -0.05) is 38.2 Å². The van der Waals surface area contributed by atoms with E-state index in [2.05, 4.69) is 12.2 Å². The number of Topliss-reactive ketones (excluding diaryl/α,β-unsaturated/α-hetero) is 1. The zero-order valence-corrected chi connectivity index (χ0v) is 8.90. The predicted molar refractivity (Wildman–Crippen MR) is 57.1 cm³/mol. The molecule has 0 N–H and O–H groups in total. The Morgan fingerprint density at radius 1 is 1.36 bits per heavy atom. The molecule has 0 saturated carbocycles. The highest BCUT2D eigenvalue weighted by Crippen LogP contribution is 2.09. The molecule has 0 fully saturated rings. The van der Waals surface area contributed by atoms with Crippen molar-refractivity contribution >= 4 is 5.78 Å². The van der Waals surface area contributed by atoms with Crippen LogP contribution < -0.4 is 0 Å². The van der Waals surface area contributed by atoms with E-state index in [1.807, 2.05) is 26.0 Å². The maximum atomic E-state index is 11.3. The number of carbonyl (C=O) groups is 1. The molecular weight excluding hydrogens is 176 g/mol. The monoisotopic (exact) mass is 194 g/mol. The van der Waals surface area contributed by atoms with Crippen LogP contribution >= 0.6 is 0 Å². The molecule has 0 aliphatic heterocycles. The fourth-order valence-electron chi connectivity index (χ4n) is 1.41. The van der Waals surface area contributed by atoms with Crippen LogP contribution in [0.5, 0.6) is 0 Å². The molecule has 2 heteroatoms. The van der Waals surface area contributed by atoms with Gasteiger partial charge in [-0.15, -0.1) is 0 Å². The highest BCUT2D eigenvalue weighted by atomic mass is 16.5. The Labute approximate surface area is 85.6 Å². The molecule has 0 aromatic rings. The summed E-state index contributed by atoms with van der Waals surface area (Å²) in [6.07, 6.45) is 8.78. The zero-order valence-electron chi connectivity index (χ0n) is 8.90. The van der Waals surface area contributed by atoms with E-state index < -0.39 is 0 Å². The van der Waals surface area contributed by atoms with Crippen LogP contribution in [0.1, 0.15) is 20.3 Å². The lowest BCUT2D eigenvalue weighted by Crippen LogP contribution is -2.14. The number of ether oxygens (including phenoxy) is 1. The summed E-state index contributed by atoms with van der Waals surface area (Å²) < 4.78 is 5.33. The first-order chi connectivity index (χ1) is 6.68. The number of ketones is 1. The van der Waals surface area contributed by atoms with Crippen LogP contribution in [0.25, 0.3) is 0 Å². The van der Waals surface area contributed by atoms with Crippen LogP contribution in [0, 0.1) is 11.8 Å². The third kappa shape index (κ3) is 4.38. The smallest absolute Gasteiger partial charge is 0.158 e. The molecule has 0 atom stereocenters. The van der Waals surface area contributed by atoms with Gasteiger partial charge < -0.3 is 4.74 Å². The Bertz CT molecular complexity index is 227. The molecule has 1 aliphatic rings. The van der Waals surface area contributed by atoms with Crippen molar-refractivity contribution in [2.45, 2.75) is 20.3 Å². The van der Waals surface area contributed by atoms with Gasteiger partial charge in [0.1, 0.15) is 6.61 Å². The third-order valence-electron chi connectivity index (χ3n) is 2.04. The molecule has 1 aliphatic carbocycles. The first-order valence-corrected chi connectivity index (χ1v) is 5.13. The highest BCUT2D eigenvalue weighted by molar-refractivity contribution is 5.79. The van der Waals surface area contributed by atoms with Gasteiger partial charge in [0.05, 0.1) is 6.61 Å². The van der Waals surface area contributed by atoms with Crippen molar-refractivity contribution in [3.8, 4) is 0 Å². The van der Waals surface area contributed by atoms with Crippen molar-refractivity contribution in [1.29, 1.82) is 0 Å². The Morgan fingerprint density at radius 2 is 2.00 bits per heavy atom. The van der Waals surface area contributed by atoms with Crippen LogP contribution in [-0.4, -0.2) is 19.0 Å². The summed E-state index contributed by atoms with van der Waals surface area (Å²) in [6, 6.07) is 0. The number of hydrogen-bond donors (Lipinski definition) is 0. The Balaban J connectivity index is 2.06. The molecule has 0 spiro atoms. The molecule has 78 valence electrons. The Kier molecular flexibility index (Phi) is 4.60. The van der Waals surface area contributed by atoms with E-state index in [0.29, 0.717) is 24.9 Å². The highest BCUT2D eigenvalue weighted by Gasteiger charge is 2.07. The average molecular weight is 194 g/mol. The maximum Gasteiger partial charge on any atom is 0.158 e. The van der Waals surface area contributed by atoms with Gasteiger partial charge in [-0.05, 0) is 5.92 Å². The first-order valence-electron chi connectivity index (χ1n) is 5.13. The topological polar surface area (TPSA) is 26.3 Å². The van der Waals surface area contributed by atoms with Gasteiger partial charge in [-0.2, -0.15) is 0 Å². The minimum atomic E-state index is 0.200. The SMILES string of the molecule is CC(C)CC(=O)COCC1C=CC=C1. The normalized spacial score (nSPS) is 15.6. The third-order valence-corrected chi connectivity index (χ3v) is 2.04. The lowest BCUT2D eigenvalue weighted by molar-refractivity contribution is -0.124. The van der Waals surface area contributed by atoms with Crippen LogP contribution in [0.2, 0.25) is 0 Å². The molecule has 0 saturated heterocycles. The second-order valence-electron chi connectivity index (χ2n) is 4.09. The number of carbonyl (C=O) groups excluding carboxylic acids is 1. The van der Waals surface area contributed by atoms with Crippen molar-refractivity contribution in [2.75, 3.05) is 13.2 Å². The maximum absolute atomic E-state index is 11.3. The van der Waals surface area contributed by atoms with Crippen molar-refractivity contribution in [1.82, 2.24) is 0 Å². The molecule has 2 nitrogen and oxygen atoms in total. The van der Waals surface area contributed by atoms with Gasteiger partial charge in [0.15, 0.2) is 5.78 Å².